The molecule has 0 saturated carbocycles. The molecule has 2 heterocycles. The topological polar surface area (TPSA) is 73.4 Å². The van der Waals surface area contributed by atoms with E-state index in [1.165, 1.54) is 12.5 Å². The minimum Gasteiger partial charge on any atom is -0.361 e. The summed E-state index contributed by atoms with van der Waals surface area (Å²) >= 11 is 0. The van der Waals surface area contributed by atoms with Crippen LogP contribution in [0.5, 0.6) is 0 Å². The van der Waals surface area contributed by atoms with E-state index in [0.717, 1.165) is 38.1 Å². The zero-order valence-electron chi connectivity index (χ0n) is 15.3. The Morgan fingerprint density at radius 3 is 2.52 bits per heavy atom. The molecule has 2 N–H and O–H groups in total. The van der Waals surface area contributed by atoms with Crippen molar-refractivity contribution in [3.63, 3.8) is 0 Å². The number of rotatable bonds is 4. The monoisotopic (exact) mass is 376 g/mol. The Balaban J connectivity index is 1.74. The number of halogens is 2. The van der Waals surface area contributed by atoms with Gasteiger partial charge < -0.3 is 20.4 Å². The summed E-state index contributed by atoms with van der Waals surface area (Å²) in [6.45, 7) is 1.83. The number of carbonyl (C=O) groups is 1. The van der Waals surface area contributed by atoms with Gasteiger partial charge in [0.25, 0.3) is 0 Å². The molecule has 1 aromatic heterocycles. The zero-order valence-corrected chi connectivity index (χ0v) is 15.3. The summed E-state index contributed by atoms with van der Waals surface area (Å²) in [7, 11) is 3.64. The Kier molecular flexibility index (Phi) is 5.68. The number of piperidine rings is 1. The van der Waals surface area contributed by atoms with Crippen LogP contribution in [0.3, 0.4) is 0 Å². The molecule has 2 amide bonds. The van der Waals surface area contributed by atoms with Gasteiger partial charge in [0.2, 0.25) is 5.95 Å². The summed E-state index contributed by atoms with van der Waals surface area (Å²) in [6, 6.07) is 2.55. The average Bonchev–Trinajstić information content (AvgIpc) is 2.65. The van der Waals surface area contributed by atoms with Gasteiger partial charge in [-0.15, -0.1) is 0 Å². The maximum absolute atomic E-state index is 13.3. The number of nitrogens with one attached hydrogen (secondary N) is 2. The number of urea groups is 1. The standard InChI is InChI=1S/C18H22F2N6O/c1-25(2)16-15(11-21-17(24-16)26-8-4-3-5-9-26)23-18(27)22-12-6-7-13(19)14(20)10-12/h6-7,10-11H,3-5,8-9H2,1-2H3,(H2,22,23,27). The minimum absolute atomic E-state index is 0.142. The second kappa shape index (κ2) is 8.15. The van der Waals surface area contributed by atoms with Crippen molar-refractivity contribution in [2.45, 2.75) is 19.3 Å². The van der Waals surface area contributed by atoms with Gasteiger partial charge in [0.15, 0.2) is 17.5 Å². The normalized spacial score (nSPS) is 14.0. The lowest BCUT2D eigenvalue weighted by molar-refractivity contribution is 0.262. The van der Waals surface area contributed by atoms with E-state index in [-0.39, 0.29) is 5.69 Å². The summed E-state index contributed by atoms with van der Waals surface area (Å²) in [5.74, 6) is -0.815. The molecule has 1 fully saturated rings. The van der Waals surface area contributed by atoms with Crippen LogP contribution in [0, 0.1) is 11.6 Å². The lowest BCUT2D eigenvalue weighted by Gasteiger charge is -2.28. The van der Waals surface area contributed by atoms with Gasteiger partial charge in [-0.1, -0.05) is 0 Å². The quantitative estimate of drug-likeness (QED) is 0.855. The lowest BCUT2D eigenvalue weighted by atomic mass is 10.1. The predicted octanol–water partition coefficient (Wildman–Crippen LogP) is 3.46. The first-order valence-corrected chi connectivity index (χ1v) is 8.76. The molecule has 1 aliphatic heterocycles. The van der Waals surface area contributed by atoms with Crippen LogP contribution in [-0.2, 0) is 0 Å². The SMILES string of the molecule is CN(C)c1nc(N2CCCCC2)ncc1NC(=O)Nc1ccc(F)c(F)c1. The van der Waals surface area contributed by atoms with Gasteiger partial charge in [-0.05, 0) is 31.4 Å². The van der Waals surface area contributed by atoms with Crippen LogP contribution >= 0.6 is 0 Å². The zero-order chi connectivity index (χ0) is 19.4. The fourth-order valence-corrected chi connectivity index (χ4v) is 2.90. The lowest BCUT2D eigenvalue weighted by Crippen LogP contribution is -2.31. The molecular weight excluding hydrogens is 354 g/mol. The fourth-order valence-electron chi connectivity index (χ4n) is 2.90. The molecule has 3 rings (SSSR count). The van der Waals surface area contributed by atoms with Crippen molar-refractivity contribution in [2.75, 3.05) is 47.6 Å². The third kappa shape index (κ3) is 4.60. The molecule has 1 aliphatic rings. The maximum atomic E-state index is 13.3. The number of carbonyl (C=O) groups excluding carboxylic acids is 1. The number of anilines is 4. The number of hydrogen-bond donors (Lipinski definition) is 2. The molecule has 9 heteroatoms. The highest BCUT2D eigenvalue weighted by atomic mass is 19.2. The number of amides is 2. The van der Waals surface area contributed by atoms with Crippen LogP contribution in [0.2, 0.25) is 0 Å². The minimum atomic E-state index is -1.03. The van der Waals surface area contributed by atoms with Crippen molar-refractivity contribution >= 4 is 29.2 Å². The Hall–Kier alpha value is -2.97. The van der Waals surface area contributed by atoms with Gasteiger partial charge in [-0.2, -0.15) is 4.98 Å². The van der Waals surface area contributed by atoms with Crippen LogP contribution in [0.25, 0.3) is 0 Å². The summed E-state index contributed by atoms with van der Waals surface area (Å²) < 4.78 is 26.3. The third-order valence-electron chi connectivity index (χ3n) is 4.24. The Morgan fingerprint density at radius 1 is 1.11 bits per heavy atom. The molecule has 0 radical (unpaired) electrons. The van der Waals surface area contributed by atoms with Crippen molar-refractivity contribution in [2.24, 2.45) is 0 Å². The van der Waals surface area contributed by atoms with E-state index in [9.17, 15) is 13.6 Å². The van der Waals surface area contributed by atoms with Crippen molar-refractivity contribution in [1.82, 2.24) is 9.97 Å². The molecule has 0 spiro atoms. The number of aromatic nitrogens is 2. The van der Waals surface area contributed by atoms with E-state index in [0.29, 0.717) is 17.5 Å². The molecular formula is C18H22F2N6O. The molecule has 1 saturated heterocycles. The van der Waals surface area contributed by atoms with Crippen LogP contribution in [0.15, 0.2) is 24.4 Å². The van der Waals surface area contributed by atoms with Gasteiger partial charge in [0, 0.05) is 38.9 Å². The van der Waals surface area contributed by atoms with Gasteiger partial charge >= 0.3 is 6.03 Å². The maximum Gasteiger partial charge on any atom is 0.323 e. The third-order valence-corrected chi connectivity index (χ3v) is 4.24. The average molecular weight is 376 g/mol. The highest BCUT2D eigenvalue weighted by Gasteiger charge is 2.18. The predicted molar refractivity (Wildman–Crippen MR) is 101 cm³/mol. The highest BCUT2D eigenvalue weighted by molar-refractivity contribution is 6.01. The second-order valence-corrected chi connectivity index (χ2v) is 6.56. The molecule has 0 unspecified atom stereocenters. The van der Waals surface area contributed by atoms with E-state index in [4.69, 9.17) is 0 Å². The summed E-state index contributed by atoms with van der Waals surface area (Å²) in [5, 5.41) is 5.11. The van der Waals surface area contributed by atoms with E-state index in [1.54, 1.807) is 11.1 Å². The van der Waals surface area contributed by atoms with E-state index >= 15 is 0 Å². The van der Waals surface area contributed by atoms with E-state index in [1.807, 2.05) is 14.1 Å². The molecule has 1 aromatic carbocycles. The van der Waals surface area contributed by atoms with Crippen LogP contribution in [0.4, 0.5) is 36.7 Å². The molecule has 0 aliphatic carbocycles. The van der Waals surface area contributed by atoms with Crippen molar-refractivity contribution in [3.8, 4) is 0 Å². The van der Waals surface area contributed by atoms with Gasteiger partial charge in [-0.25, -0.2) is 18.6 Å². The van der Waals surface area contributed by atoms with Crippen LogP contribution in [0.1, 0.15) is 19.3 Å². The van der Waals surface area contributed by atoms with Crippen molar-refractivity contribution in [1.29, 1.82) is 0 Å². The van der Waals surface area contributed by atoms with Crippen LogP contribution in [-0.4, -0.2) is 43.2 Å². The first-order valence-electron chi connectivity index (χ1n) is 8.76. The number of benzene rings is 1. The first kappa shape index (κ1) is 18.8. The molecule has 0 bridgehead atoms. The Labute approximate surface area is 156 Å². The molecule has 2 aromatic rings. The fraction of sp³-hybridized carbons (Fsp3) is 0.389. The largest absolute Gasteiger partial charge is 0.361 e. The molecule has 7 nitrogen and oxygen atoms in total. The van der Waals surface area contributed by atoms with Crippen LogP contribution < -0.4 is 20.4 Å². The van der Waals surface area contributed by atoms with Crippen molar-refractivity contribution < 1.29 is 13.6 Å². The molecule has 0 atom stereocenters. The number of hydrogen-bond acceptors (Lipinski definition) is 5. The summed E-state index contributed by atoms with van der Waals surface area (Å²) in [4.78, 5) is 25.1. The Morgan fingerprint density at radius 2 is 1.85 bits per heavy atom. The van der Waals surface area contributed by atoms with Gasteiger partial charge in [0.1, 0.15) is 5.69 Å². The highest BCUT2D eigenvalue weighted by Crippen LogP contribution is 2.25. The van der Waals surface area contributed by atoms with Gasteiger partial charge in [0.05, 0.1) is 6.20 Å². The second-order valence-electron chi connectivity index (χ2n) is 6.56. The molecule has 144 valence electrons. The first-order chi connectivity index (χ1) is 12.9. The van der Waals surface area contributed by atoms with E-state index in [2.05, 4.69) is 25.5 Å². The summed E-state index contributed by atoms with van der Waals surface area (Å²) in [5.41, 5.74) is 0.560. The van der Waals surface area contributed by atoms with Gasteiger partial charge in [-0.3, -0.25) is 0 Å². The molecule has 27 heavy (non-hydrogen) atoms. The smallest absolute Gasteiger partial charge is 0.323 e. The van der Waals surface area contributed by atoms with E-state index < -0.39 is 17.7 Å². The van der Waals surface area contributed by atoms with Crippen molar-refractivity contribution in [3.05, 3.63) is 36.0 Å². The Bertz CT molecular complexity index is 823. The number of nitrogens with zero attached hydrogens (tertiary/aromatic N) is 4. The summed E-state index contributed by atoms with van der Waals surface area (Å²) in [6.07, 6.45) is 4.98.